The van der Waals surface area contributed by atoms with E-state index in [9.17, 15) is 14.9 Å². The summed E-state index contributed by atoms with van der Waals surface area (Å²) in [5, 5.41) is 13.6. The van der Waals surface area contributed by atoms with E-state index < -0.39 is 16.6 Å². The van der Waals surface area contributed by atoms with Gasteiger partial charge in [0.15, 0.2) is 0 Å². The van der Waals surface area contributed by atoms with E-state index in [2.05, 4.69) is 5.32 Å². The maximum atomic E-state index is 12.2. The molecule has 2 aromatic carbocycles. The fourth-order valence-corrected chi connectivity index (χ4v) is 2.58. The number of ether oxygens (including phenoxy) is 1. The number of carbonyl (C=O) groups excluding carboxylic acids is 1. The number of nitrogens with zero attached hydrogens (tertiary/aromatic N) is 1. The highest BCUT2D eigenvalue weighted by Crippen LogP contribution is 2.14. The zero-order valence-electron chi connectivity index (χ0n) is 16.4. The molecule has 1 atom stereocenters. The molecule has 2 rings (SSSR count). The molecular weight excluding hydrogens is 356 g/mol. The zero-order chi connectivity index (χ0) is 20.6. The Bertz CT molecular complexity index is 809. The molecule has 148 valence electrons. The number of carbonyl (C=O) groups is 1. The molecule has 0 saturated carbocycles. The Balaban J connectivity index is 2.07. The molecule has 0 bridgehead atoms. The van der Waals surface area contributed by atoms with Gasteiger partial charge < -0.3 is 10.1 Å². The van der Waals surface area contributed by atoms with Crippen molar-refractivity contribution < 1.29 is 14.5 Å². The summed E-state index contributed by atoms with van der Waals surface area (Å²) >= 11 is 0. The molecule has 0 aliphatic rings. The highest BCUT2D eigenvalue weighted by molar-refractivity contribution is 5.68. The molecule has 0 aromatic heterocycles. The number of amides is 1. The topological polar surface area (TPSA) is 81.5 Å². The minimum atomic E-state index is -0.573. The highest BCUT2D eigenvalue weighted by atomic mass is 16.6. The van der Waals surface area contributed by atoms with Gasteiger partial charge in [0.25, 0.3) is 5.69 Å². The van der Waals surface area contributed by atoms with E-state index in [4.69, 9.17) is 4.74 Å². The van der Waals surface area contributed by atoms with Crippen LogP contribution in [0.2, 0.25) is 0 Å². The minimum Gasteiger partial charge on any atom is -0.444 e. The summed E-state index contributed by atoms with van der Waals surface area (Å²) < 4.78 is 5.36. The largest absolute Gasteiger partial charge is 0.444 e. The smallest absolute Gasteiger partial charge is 0.408 e. The van der Waals surface area contributed by atoms with E-state index in [-0.39, 0.29) is 11.7 Å². The molecule has 28 heavy (non-hydrogen) atoms. The summed E-state index contributed by atoms with van der Waals surface area (Å²) in [4.78, 5) is 22.5. The van der Waals surface area contributed by atoms with E-state index in [1.54, 1.807) is 12.1 Å². The Morgan fingerprint density at radius 3 is 2.36 bits per heavy atom. The summed E-state index contributed by atoms with van der Waals surface area (Å²) in [5.74, 6) is 0. The Hall–Kier alpha value is -3.15. The molecule has 0 radical (unpaired) electrons. The number of nitro benzene ring substituents is 1. The molecule has 0 aliphatic carbocycles. The van der Waals surface area contributed by atoms with Gasteiger partial charge in [-0.3, -0.25) is 10.1 Å². The van der Waals surface area contributed by atoms with Gasteiger partial charge >= 0.3 is 6.09 Å². The molecule has 2 aromatic rings. The fraction of sp³-hybridized carbons (Fsp3) is 0.318. The number of non-ortho nitro benzene ring substituents is 1. The van der Waals surface area contributed by atoms with Crippen molar-refractivity contribution in [2.24, 2.45) is 0 Å². The van der Waals surface area contributed by atoms with E-state index in [1.165, 1.54) is 17.7 Å². The van der Waals surface area contributed by atoms with Crippen LogP contribution in [0, 0.1) is 10.1 Å². The van der Waals surface area contributed by atoms with Crippen molar-refractivity contribution in [2.45, 2.75) is 45.3 Å². The van der Waals surface area contributed by atoms with Crippen LogP contribution in [0.15, 0.2) is 60.7 Å². The average Bonchev–Trinajstić information content (AvgIpc) is 2.63. The van der Waals surface area contributed by atoms with Crippen LogP contribution in [-0.4, -0.2) is 22.7 Å². The van der Waals surface area contributed by atoms with Crippen molar-refractivity contribution in [3.05, 3.63) is 81.9 Å². The third-order valence-corrected chi connectivity index (χ3v) is 3.91. The highest BCUT2D eigenvalue weighted by Gasteiger charge is 2.18. The number of alkyl carbamates (subject to hydrolysis) is 1. The van der Waals surface area contributed by atoms with Crippen LogP contribution < -0.4 is 5.32 Å². The van der Waals surface area contributed by atoms with Crippen molar-refractivity contribution in [1.82, 2.24) is 5.32 Å². The number of nitrogens with one attached hydrogen (secondary N) is 1. The molecule has 1 N–H and O–H groups in total. The lowest BCUT2D eigenvalue weighted by molar-refractivity contribution is -0.384. The summed E-state index contributed by atoms with van der Waals surface area (Å²) in [6.07, 6.45) is 4.75. The Morgan fingerprint density at radius 2 is 1.79 bits per heavy atom. The first-order valence-corrected chi connectivity index (χ1v) is 9.19. The van der Waals surface area contributed by atoms with Crippen LogP contribution in [0.25, 0.3) is 6.08 Å². The zero-order valence-corrected chi connectivity index (χ0v) is 16.4. The molecular formula is C22H26N2O4. The first-order valence-electron chi connectivity index (χ1n) is 9.19. The van der Waals surface area contributed by atoms with Gasteiger partial charge in [0.2, 0.25) is 0 Å². The molecule has 6 heteroatoms. The predicted molar refractivity (Wildman–Crippen MR) is 110 cm³/mol. The Labute approximate surface area is 165 Å². The van der Waals surface area contributed by atoms with Gasteiger partial charge in [-0.15, -0.1) is 0 Å². The van der Waals surface area contributed by atoms with Crippen LogP contribution in [0.1, 0.15) is 38.3 Å². The van der Waals surface area contributed by atoms with Gasteiger partial charge in [0, 0.05) is 12.1 Å². The van der Waals surface area contributed by atoms with Crippen molar-refractivity contribution in [2.75, 3.05) is 0 Å². The van der Waals surface area contributed by atoms with Crippen molar-refractivity contribution in [3.63, 3.8) is 0 Å². The lowest BCUT2D eigenvalue weighted by Gasteiger charge is -2.22. The SMILES string of the molecule is CC(C)(C)OC(=O)NC(C=Cc1ccc([N+](=O)[O-])cc1)CCc1ccccc1. The minimum absolute atomic E-state index is 0.0460. The predicted octanol–water partition coefficient (Wildman–Crippen LogP) is 5.13. The van der Waals surface area contributed by atoms with Crippen LogP contribution >= 0.6 is 0 Å². The van der Waals surface area contributed by atoms with Gasteiger partial charge in [0.05, 0.1) is 11.0 Å². The summed E-state index contributed by atoms with van der Waals surface area (Å²) in [6, 6.07) is 16.1. The van der Waals surface area contributed by atoms with Crippen LogP contribution in [-0.2, 0) is 11.2 Å². The fourth-order valence-electron chi connectivity index (χ4n) is 2.58. The summed E-state index contributed by atoms with van der Waals surface area (Å²) in [6.45, 7) is 5.45. The quantitative estimate of drug-likeness (QED) is 0.531. The molecule has 1 unspecified atom stereocenters. The molecule has 0 aliphatic heterocycles. The van der Waals surface area contributed by atoms with Gasteiger partial charge in [-0.05, 0) is 56.9 Å². The van der Waals surface area contributed by atoms with E-state index in [0.29, 0.717) is 6.42 Å². The van der Waals surface area contributed by atoms with Gasteiger partial charge in [-0.25, -0.2) is 4.79 Å². The summed E-state index contributed by atoms with van der Waals surface area (Å²) in [7, 11) is 0. The Kier molecular flexibility index (Phi) is 7.32. The maximum absolute atomic E-state index is 12.2. The lowest BCUT2D eigenvalue weighted by atomic mass is 10.0. The number of hydrogen-bond acceptors (Lipinski definition) is 4. The second kappa shape index (κ2) is 9.69. The lowest BCUT2D eigenvalue weighted by Crippen LogP contribution is -2.38. The normalized spacial score (nSPS) is 12.5. The number of benzene rings is 2. The van der Waals surface area contributed by atoms with E-state index in [0.717, 1.165) is 12.0 Å². The van der Waals surface area contributed by atoms with Crippen LogP contribution in [0.3, 0.4) is 0 Å². The van der Waals surface area contributed by atoms with Gasteiger partial charge in [-0.1, -0.05) is 42.5 Å². The second-order valence-corrected chi connectivity index (χ2v) is 7.48. The van der Waals surface area contributed by atoms with Crippen LogP contribution in [0.4, 0.5) is 10.5 Å². The third kappa shape index (κ3) is 7.61. The maximum Gasteiger partial charge on any atom is 0.408 e. The molecule has 0 heterocycles. The van der Waals surface area contributed by atoms with E-state index >= 15 is 0 Å². The van der Waals surface area contributed by atoms with Crippen molar-refractivity contribution in [1.29, 1.82) is 0 Å². The van der Waals surface area contributed by atoms with Crippen molar-refractivity contribution >= 4 is 17.9 Å². The molecule has 0 fully saturated rings. The standard InChI is InChI=1S/C22H26N2O4/c1-22(2,3)28-21(25)23-19(13-9-17-7-5-4-6-8-17)14-10-18-11-15-20(16-12-18)24(26)27/h4-8,10-12,14-16,19H,9,13H2,1-3H3,(H,23,25). The molecule has 1 amide bonds. The van der Waals surface area contributed by atoms with Gasteiger partial charge in [0.1, 0.15) is 5.60 Å². The first-order chi connectivity index (χ1) is 13.2. The van der Waals surface area contributed by atoms with Gasteiger partial charge in [-0.2, -0.15) is 0 Å². The average molecular weight is 382 g/mol. The molecule has 6 nitrogen and oxygen atoms in total. The van der Waals surface area contributed by atoms with Crippen LogP contribution in [0.5, 0.6) is 0 Å². The molecule has 0 saturated heterocycles. The number of rotatable bonds is 7. The molecule has 0 spiro atoms. The monoisotopic (exact) mass is 382 g/mol. The third-order valence-electron chi connectivity index (χ3n) is 3.91. The van der Waals surface area contributed by atoms with Crippen molar-refractivity contribution in [3.8, 4) is 0 Å². The number of nitro groups is 1. The van der Waals surface area contributed by atoms with E-state index in [1.807, 2.05) is 63.3 Å². The summed E-state index contributed by atoms with van der Waals surface area (Å²) in [5.41, 5.74) is 1.48. The first kappa shape index (κ1) is 21.2. The Morgan fingerprint density at radius 1 is 1.14 bits per heavy atom. The number of hydrogen-bond donors (Lipinski definition) is 1. The number of aryl methyl sites for hydroxylation is 1. The second-order valence-electron chi connectivity index (χ2n) is 7.48.